The summed E-state index contributed by atoms with van der Waals surface area (Å²) >= 11 is 0. The maximum absolute atomic E-state index is 12.4. The lowest BCUT2D eigenvalue weighted by atomic mass is 10.2. The van der Waals surface area contributed by atoms with E-state index in [1.54, 1.807) is 18.2 Å². The zero-order chi connectivity index (χ0) is 19.4. The van der Waals surface area contributed by atoms with Crippen molar-refractivity contribution in [2.24, 2.45) is 0 Å². The summed E-state index contributed by atoms with van der Waals surface area (Å²) in [5.41, 5.74) is -0.427. The number of amides is 1. The molecule has 0 spiro atoms. The van der Waals surface area contributed by atoms with Gasteiger partial charge in [-0.05, 0) is 29.8 Å². The molecule has 0 fully saturated rings. The number of aromatic nitrogens is 2. The Balaban J connectivity index is 1.70. The smallest absolute Gasteiger partial charge is 0.387 e. The SMILES string of the molecule is O=C(Cn1[nH]c(=O)c2ccccc2c1=O)NCc1cccc(OC(F)F)c1. The first kappa shape index (κ1) is 18.3. The number of ether oxygens (including phenoxy) is 1. The quantitative estimate of drug-likeness (QED) is 0.685. The predicted molar refractivity (Wildman–Crippen MR) is 93.7 cm³/mol. The third-order valence-corrected chi connectivity index (χ3v) is 3.80. The number of fused-ring (bicyclic) bond motifs is 1. The lowest BCUT2D eigenvalue weighted by molar-refractivity contribution is -0.122. The normalized spacial score (nSPS) is 10.9. The van der Waals surface area contributed by atoms with Gasteiger partial charge in [0.25, 0.3) is 11.1 Å². The van der Waals surface area contributed by atoms with E-state index >= 15 is 0 Å². The van der Waals surface area contributed by atoms with E-state index in [1.807, 2.05) is 0 Å². The van der Waals surface area contributed by atoms with Crippen molar-refractivity contribution < 1.29 is 18.3 Å². The van der Waals surface area contributed by atoms with E-state index in [0.717, 1.165) is 4.68 Å². The summed E-state index contributed by atoms with van der Waals surface area (Å²) in [5.74, 6) is -0.546. The van der Waals surface area contributed by atoms with Gasteiger partial charge in [0.2, 0.25) is 5.91 Å². The van der Waals surface area contributed by atoms with Crippen LogP contribution in [0, 0.1) is 0 Å². The molecule has 0 aliphatic carbocycles. The van der Waals surface area contributed by atoms with Crippen molar-refractivity contribution in [2.75, 3.05) is 0 Å². The van der Waals surface area contributed by atoms with Crippen molar-refractivity contribution in [2.45, 2.75) is 19.7 Å². The first-order valence-corrected chi connectivity index (χ1v) is 7.96. The fraction of sp³-hybridized carbons (Fsp3) is 0.167. The second-order valence-electron chi connectivity index (χ2n) is 5.68. The molecule has 0 saturated carbocycles. The fourth-order valence-corrected chi connectivity index (χ4v) is 2.59. The maximum atomic E-state index is 12.4. The van der Waals surface area contributed by atoms with Crippen LogP contribution in [-0.2, 0) is 17.9 Å². The third-order valence-electron chi connectivity index (χ3n) is 3.80. The van der Waals surface area contributed by atoms with Crippen LogP contribution >= 0.6 is 0 Å². The van der Waals surface area contributed by atoms with Gasteiger partial charge in [-0.3, -0.25) is 19.5 Å². The van der Waals surface area contributed by atoms with Crippen LogP contribution in [-0.4, -0.2) is 22.3 Å². The highest BCUT2D eigenvalue weighted by Crippen LogP contribution is 2.15. The van der Waals surface area contributed by atoms with Crippen LogP contribution in [0.5, 0.6) is 5.75 Å². The van der Waals surface area contributed by atoms with E-state index < -0.39 is 23.6 Å². The minimum Gasteiger partial charge on any atom is -0.435 e. The molecule has 27 heavy (non-hydrogen) atoms. The Kier molecular flexibility index (Phi) is 5.30. The summed E-state index contributed by atoms with van der Waals surface area (Å²) in [7, 11) is 0. The standard InChI is InChI=1S/C18H15F2N3O4/c19-18(20)27-12-5-3-4-11(8-12)9-21-15(24)10-23-17(26)14-7-2-1-6-13(14)16(25)22-23/h1-8,18H,9-10H2,(H,21,24)(H,22,25). The first-order chi connectivity index (χ1) is 12.9. The number of nitrogens with one attached hydrogen (secondary N) is 2. The number of nitrogens with zero attached hydrogens (tertiary/aromatic N) is 1. The van der Waals surface area contributed by atoms with Gasteiger partial charge in [0.1, 0.15) is 12.3 Å². The number of rotatable bonds is 6. The summed E-state index contributed by atoms with van der Waals surface area (Å²) in [6.07, 6.45) is 0. The maximum Gasteiger partial charge on any atom is 0.387 e. The first-order valence-electron chi connectivity index (χ1n) is 7.96. The molecular formula is C18H15F2N3O4. The topological polar surface area (TPSA) is 93.2 Å². The van der Waals surface area contributed by atoms with Crippen LogP contribution in [0.1, 0.15) is 5.56 Å². The van der Waals surface area contributed by atoms with Crippen LogP contribution in [0.15, 0.2) is 58.1 Å². The van der Waals surface area contributed by atoms with Crippen molar-refractivity contribution >= 4 is 16.7 Å². The average Bonchev–Trinajstić information content (AvgIpc) is 2.64. The number of carbonyl (C=O) groups excluding carboxylic acids is 1. The summed E-state index contributed by atoms with van der Waals surface area (Å²) in [5, 5.41) is 5.38. The molecule has 0 aliphatic rings. The monoisotopic (exact) mass is 375 g/mol. The molecule has 140 valence electrons. The molecule has 0 unspecified atom stereocenters. The number of hydrogen-bond acceptors (Lipinski definition) is 4. The molecule has 0 saturated heterocycles. The van der Waals surface area contributed by atoms with Gasteiger partial charge in [0.15, 0.2) is 0 Å². The molecule has 2 aromatic carbocycles. The molecule has 0 aliphatic heterocycles. The number of carbonyl (C=O) groups is 1. The summed E-state index contributed by atoms with van der Waals surface area (Å²) in [6, 6.07) is 12.2. The third kappa shape index (κ3) is 4.38. The number of H-pyrrole nitrogens is 1. The molecule has 9 heteroatoms. The summed E-state index contributed by atoms with van der Waals surface area (Å²) in [6.45, 7) is -3.27. The van der Waals surface area contributed by atoms with Gasteiger partial charge in [0, 0.05) is 6.54 Å². The van der Waals surface area contributed by atoms with Crippen molar-refractivity contribution in [3.63, 3.8) is 0 Å². The number of halogens is 2. The van der Waals surface area contributed by atoms with Crippen molar-refractivity contribution in [1.29, 1.82) is 0 Å². The Morgan fingerprint density at radius 1 is 1.11 bits per heavy atom. The Hall–Kier alpha value is -3.49. The number of benzene rings is 2. The summed E-state index contributed by atoms with van der Waals surface area (Å²) < 4.78 is 29.7. The lowest BCUT2D eigenvalue weighted by Gasteiger charge is -2.10. The molecule has 1 amide bonds. The molecule has 3 aromatic rings. The highest BCUT2D eigenvalue weighted by molar-refractivity contribution is 5.81. The van der Waals surface area contributed by atoms with Gasteiger partial charge < -0.3 is 10.1 Å². The van der Waals surface area contributed by atoms with Gasteiger partial charge in [-0.15, -0.1) is 0 Å². The number of alkyl halides is 2. The number of aromatic amines is 1. The molecule has 0 atom stereocenters. The molecule has 7 nitrogen and oxygen atoms in total. The van der Waals surface area contributed by atoms with Crippen LogP contribution in [0.2, 0.25) is 0 Å². The number of hydrogen-bond donors (Lipinski definition) is 2. The van der Waals surface area contributed by atoms with Crippen LogP contribution in [0.4, 0.5) is 8.78 Å². The van der Waals surface area contributed by atoms with Gasteiger partial charge in [0.05, 0.1) is 10.8 Å². The molecule has 0 bridgehead atoms. The van der Waals surface area contributed by atoms with E-state index in [2.05, 4.69) is 15.2 Å². The van der Waals surface area contributed by atoms with E-state index in [-0.39, 0.29) is 29.6 Å². The zero-order valence-electron chi connectivity index (χ0n) is 13.9. The highest BCUT2D eigenvalue weighted by Gasteiger charge is 2.10. The van der Waals surface area contributed by atoms with Gasteiger partial charge in [-0.25, -0.2) is 4.68 Å². The second kappa shape index (κ2) is 7.81. The van der Waals surface area contributed by atoms with Gasteiger partial charge >= 0.3 is 6.61 Å². The fourth-order valence-electron chi connectivity index (χ4n) is 2.59. The van der Waals surface area contributed by atoms with Crippen LogP contribution in [0.25, 0.3) is 10.8 Å². The minimum absolute atomic E-state index is 0.0215. The molecule has 2 N–H and O–H groups in total. The Morgan fingerprint density at radius 2 is 1.85 bits per heavy atom. The predicted octanol–water partition coefficient (Wildman–Crippen LogP) is 1.61. The van der Waals surface area contributed by atoms with Gasteiger partial charge in [-0.1, -0.05) is 24.3 Å². The largest absolute Gasteiger partial charge is 0.435 e. The van der Waals surface area contributed by atoms with Crippen molar-refractivity contribution in [1.82, 2.24) is 15.1 Å². The van der Waals surface area contributed by atoms with Crippen LogP contribution in [0.3, 0.4) is 0 Å². The Labute approximate surface area is 151 Å². The van der Waals surface area contributed by atoms with Crippen molar-refractivity contribution in [3.8, 4) is 5.75 Å². The zero-order valence-corrected chi connectivity index (χ0v) is 13.9. The van der Waals surface area contributed by atoms with E-state index in [9.17, 15) is 23.2 Å². The average molecular weight is 375 g/mol. The molecule has 3 rings (SSSR count). The molecule has 1 heterocycles. The summed E-state index contributed by atoms with van der Waals surface area (Å²) in [4.78, 5) is 36.5. The molecular weight excluding hydrogens is 360 g/mol. The lowest BCUT2D eigenvalue weighted by Crippen LogP contribution is -2.36. The highest BCUT2D eigenvalue weighted by atomic mass is 19.3. The second-order valence-corrected chi connectivity index (χ2v) is 5.68. The van der Waals surface area contributed by atoms with E-state index in [1.165, 1.54) is 30.3 Å². The van der Waals surface area contributed by atoms with Gasteiger partial charge in [-0.2, -0.15) is 8.78 Å². The van der Waals surface area contributed by atoms with Crippen molar-refractivity contribution in [3.05, 3.63) is 74.8 Å². The molecule has 0 radical (unpaired) electrons. The molecule has 1 aromatic heterocycles. The van der Waals surface area contributed by atoms with E-state index in [4.69, 9.17) is 0 Å². The minimum atomic E-state index is -2.94. The Bertz CT molecular complexity index is 1090. The Morgan fingerprint density at radius 3 is 2.59 bits per heavy atom. The van der Waals surface area contributed by atoms with Crippen LogP contribution < -0.4 is 21.2 Å². The van der Waals surface area contributed by atoms with E-state index in [0.29, 0.717) is 5.56 Å².